The van der Waals surface area contributed by atoms with E-state index in [4.69, 9.17) is 4.18 Å². The number of aromatic nitrogens is 2. The third-order valence-electron chi connectivity index (χ3n) is 3.16. The molecule has 0 aliphatic rings. The fourth-order valence-corrected chi connectivity index (χ4v) is 3.56. The van der Waals surface area contributed by atoms with E-state index in [1.54, 1.807) is 12.1 Å². The number of halogens is 1. The van der Waals surface area contributed by atoms with Gasteiger partial charge in [0, 0.05) is 24.3 Å². The van der Waals surface area contributed by atoms with Gasteiger partial charge in [-0.15, -0.1) is 0 Å². The summed E-state index contributed by atoms with van der Waals surface area (Å²) in [6, 6.07) is 6.21. The fraction of sp³-hybridized carbons (Fsp3) is 0.231. The van der Waals surface area contributed by atoms with E-state index in [1.165, 1.54) is 33.2 Å². The molecule has 0 bridgehead atoms. The largest absolute Gasteiger partial charge is 0.379 e. The normalized spacial score (nSPS) is 11.5. The number of rotatable bonds is 3. The summed E-state index contributed by atoms with van der Waals surface area (Å²) in [4.78, 5) is 23.4. The minimum Gasteiger partial charge on any atom is -0.379 e. The maximum Gasteiger partial charge on any atom is 0.346 e. The molecule has 118 valence electrons. The van der Waals surface area contributed by atoms with Crippen molar-refractivity contribution in [3.05, 3.63) is 55.3 Å². The Balaban J connectivity index is 2.65. The highest BCUT2D eigenvalue weighted by molar-refractivity contribution is 9.10. The Labute approximate surface area is 135 Å². The lowest BCUT2D eigenvalue weighted by atomic mass is 10.3. The Kier molecular flexibility index (Phi) is 4.30. The second kappa shape index (κ2) is 5.73. The molecule has 0 saturated carbocycles. The molecule has 0 N–H and O–H groups in total. The molecule has 0 radical (unpaired) electrons. The summed E-state index contributed by atoms with van der Waals surface area (Å²) < 4.78 is 32.2. The van der Waals surface area contributed by atoms with Crippen molar-refractivity contribution in [1.29, 1.82) is 0 Å². The predicted octanol–water partition coefficient (Wildman–Crippen LogP) is 0.923. The van der Waals surface area contributed by atoms with Crippen LogP contribution in [0.1, 0.15) is 5.69 Å². The van der Waals surface area contributed by atoms with Gasteiger partial charge in [-0.1, -0.05) is 22.0 Å². The Bertz CT molecular complexity index is 959. The third kappa shape index (κ3) is 2.86. The van der Waals surface area contributed by atoms with E-state index in [-0.39, 0.29) is 11.4 Å². The first-order valence-electron chi connectivity index (χ1n) is 6.12. The maximum atomic E-state index is 12.4. The molecule has 2 aromatic rings. The fourth-order valence-electron chi connectivity index (χ4n) is 1.89. The van der Waals surface area contributed by atoms with E-state index in [0.717, 1.165) is 9.13 Å². The number of hydrogen-bond donors (Lipinski definition) is 0. The molecule has 0 aliphatic heterocycles. The first kappa shape index (κ1) is 16.5. The molecule has 7 nitrogen and oxygen atoms in total. The molecule has 0 fully saturated rings. The monoisotopic (exact) mass is 388 g/mol. The van der Waals surface area contributed by atoms with Crippen molar-refractivity contribution in [2.75, 3.05) is 0 Å². The first-order chi connectivity index (χ1) is 10.1. The molecule has 0 saturated heterocycles. The van der Waals surface area contributed by atoms with Gasteiger partial charge in [-0.3, -0.25) is 13.9 Å². The van der Waals surface area contributed by atoms with Gasteiger partial charge < -0.3 is 4.18 Å². The zero-order valence-electron chi connectivity index (χ0n) is 12.0. The van der Waals surface area contributed by atoms with E-state index >= 15 is 0 Å². The van der Waals surface area contributed by atoms with Crippen LogP contribution in [0, 0.1) is 6.92 Å². The van der Waals surface area contributed by atoms with Crippen LogP contribution >= 0.6 is 15.9 Å². The molecule has 0 aliphatic carbocycles. The molecule has 1 aromatic carbocycles. The summed E-state index contributed by atoms with van der Waals surface area (Å²) in [5, 5.41) is 0. The van der Waals surface area contributed by atoms with Crippen LogP contribution in [0.2, 0.25) is 0 Å². The van der Waals surface area contributed by atoms with Gasteiger partial charge in [-0.2, -0.15) is 8.42 Å². The van der Waals surface area contributed by atoms with Crippen molar-refractivity contribution in [2.45, 2.75) is 11.8 Å². The van der Waals surface area contributed by atoms with Crippen molar-refractivity contribution in [2.24, 2.45) is 14.1 Å². The average molecular weight is 389 g/mol. The van der Waals surface area contributed by atoms with Crippen LogP contribution in [0.5, 0.6) is 5.75 Å². The second-order valence-corrected chi connectivity index (χ2v) is 7.01. The molecule has 9 heteroatoms. The van der Waals surface area contributed by atoms with Gasteiger partial charge in [-0.05, 0) is 25.1 Å². The highest BCUT2D eigenvalue weighted by Crippen LogP contribution is 2.21. The van der Waals surface area contributed by atoms with E-state index in [2.05, 4.69) is 15.9 Å². The molecule has 0 unspecified atom stereocenters. The smallest absolute Gasteiger partial charge is 0.346 e. The minimum absolute atomic E-state index is 0.0168. The highest BCUT2D eigenvalue weighted by atomic mass is 79.9. The Morgan fingerprint density at radius 2 is 1.77 bits per heavy atom. The van der Waals surface area contributed by atoms with Crippen molar-refractivity contribution in [3.63, 3.8) is 0 Å². The molecule has 1 heterocycles. The van der Waals surface area contributed by atoms with Crippen LogP contribution in [0.3, 0.4) is 0 Å². The molecular formula is C13H13BrN2O5S. The summed E-state index contributed by atoms with van der Waals surface area (Å²) in [5.74, 6) is 0.0599. The Morgan fingerprint density at radius 1 is 1.14 bits per heavy atom. The van der Waals surface area contributed by atoms with Crippen LogP contribution < -0.4 is 15.4 Å². The van der Waals surface area contributed by atoms with Crippen molar-refractivity contribution < 1.29 is 12.6 Å². The third-order valence-corrected chi connectivity index (χ3v) is 5.03. The number of nitrogens with zero attached hydrogens (tertiary/aromatic N) is 2. The van der Waals surface area contributed by atoms with Gasteiger partial charge in [0.2, 0.25) is 0 Å². The summed E-state index contributed by atoms with van der Waals surface area (Å²) in [6.45, 7) is 1.37. The molecule has 2 rings (SSSR count). The number of benzene rings is 1. The van der Waals surface area contributed by atoms with Crippen molar-refractivity contribution >= 4 is 26.0 Å². The van der Waals surface area contributed by atoms with Gasteiger partial charge in [0.25, 0.3) is 5.56 Å². The lowest BCUT2D eigenvalue weighted by Crippen LogP contribution is -2.41. The van der Waals surface area contributed by atoms with Gasteiger partial charge in [-0.25, -0.2) is 4.79 Å². The molecule has 0 atom stereocenters. The van der Waals surface area contributed by atoms with Gasteiger partial charge >= 0.3 is 15.8 Å². The molecule has 0 spiro atoms. The van der Waals surface area contributed by atoms with Crippen LogP contribution in [0.4, 0.5) is 0 Å². The van der Waals surface area contributed by atoms with E-state index in [0.29, 0.717) is 4.47 Å². The predicted molar refractivity (Wildman–Crippen MR) is 83.6 cm³/mol. The van der Waals surface area contributed by atoms with Crippen LogP contribution in [-0.2, 0) is 24.2 Å². The van der Waals surface area contributed by atoms with Crippen LogP contribution in [0.15, 0.2) is 43.2 Å². The minimum atomic E-state index is -4.37. The van der Waals surface area contributed by atoms with E-state index < -0.39 is 26.3 Å². The molecular weight excluding hydrogens is 376 g/mol. The van der Waals surface area contributed by atoms with Gasteiger partial charge in [0.1, 0.15) is 5.75 Å². The summed E-state index contributed by atoms with van der Waals surface area (Å²) in [6.07, 6.45) is 0. The summed E-state index contributed by atoms with van der Waals surface area (Å²) >= 11 is 3.20. The Morgan fingerprint density at radius 3 is 2.36 bits per heavy atom. The topological polar surface area (TPSA) is 87.4 Å². The van der Waals surface area contributed by atoms with Crippen LogP contribution in [0.25, 0.3) is 0 Å². The van der Waals surface area contributed by atoms with E-state index in [1.807, 2.05) is 0 Å². The molecule has 0 amide bonds. The van der Waals surface area contributed by atoms with E-state index in [9.17, 15) is 18.0 Å². The van der Waals surface area contributed by atoms with Crippen molar-refractivity contribution in [3.8, 4) is 5.75 Å². The highest BCUT2D eigenvalue weighted by Gasteiger charge is 2.27. The molecule has 1 aromatic heterocycles. The average Bonchev–Trinajstić information content (AvgIpc) is 2.42. The van der Waals surface area contributed by atoms with Gasteiger partial charge in [0.15, 0.2) is 4.90 Å². The Hall–Kier alpha value is -1.87. The first-order valence-corrected chi connectivity index (χ1v) is 8.32. The SMILES string of the molecule is Cc1c(S(=O)(=O)Oc2cccc(Br)c2)c(=O)n(C)c(=O)n1C. The zero-order chi connectivity index (χ0) is 16.7. The summed E-state index contributed by atoms with van der Waals surface area (Å²) in [7, 11) is -1.77. The lowest BCUT2D eigenvalue weighted by molar-refractivity contribution is 0.478. The van der Waals surface area contributed by atoms with Gasteiger partial charge in [0.05, 0.1) is 0 Å². The summed E-state index contributed by atoms with van der Waals surface area (Å²) in [5.41, 5.74) is -1.51. The number of hydrogen-bond acceptors (Lipinski definition) is 5. The molecule has 22 heavy (non-hydrogen) atoms. The zero-order valence-corrected chi connectivity index (χ0v) is 14.4. The second-order valence-electron chi connectivity index (χ2n) is 4.62. The van der Waals surface area contributed by atoms with Crippen molar-refractivity contribution in [1.82, 2.24) is 9.13 Å². The quantitative estimate of drug-likeness (QED) is 0.729. The standard InChI is InChI=1S/C13H13BrN2O5S/c1-8-11(12(17)16(3)13(18)15(8)2)22(19,20)21-10-6-4-5-9(14)7-10/h4-7H,1-3H3. The van der Waals surface area contributed by atoms with Crippen LogP contribution in [-0.4, -0.2) is 17.6 Å². The lowest BCUT2D eigenvalue weighted by Gasteiger charge is -2.12. The maximum absolute atomic E-state index is 12.4.